The Bertz CT molecular complexity index is 1510. The summed E-state index contributed by atoms with van der Waals surface area (Å²) >= 11 is 0. The monoisotopic (exact) mass is 468 g/mol. The second-order valence-corrected chi connectivity index (χ2v) is 9.72. The summed E-state index contributed by atoms with van der Waals surface area (Å²) in [6.07, 6.45) is 0. The van der Waals surface area contributed by atoms with Crippen LogP contribution in [0.15, 0.2) is 109 Å². The summed E-state index contributed by atoms with van der Waals surface area (Å²) in [6, 6.07) is 38.6. The van der Waals surface area contributed by atoms with Gasteiger partial charge in [0.25, 0.3) is 0 Å². The van der Waals surface area contributed by atoms with Crippen LogP contribution in [0.3, 0.4) is 0 Å². The van der Waals surface area contributed by atoms with Gasteiger partial charge in [0.15, 0.2) is 0 Å². The molecule has 0 unspecified atom stereocenters. The van der Waals surface area contributed by atoms with Gasteiger partial charge in [0.05, 0.1) is 0 Å². The highest BCUT2D eigenvalue weighted by Gasteiger charge is 2.06. The Labute approximate surface area is 216 Å². The lowest BCUT2D eigenvalue weighted by Gasteiger charge is -2.11. The third kappa shape index (κ3) is 5.50. The van der Waals surface area contributed by atoms with E-state index in [1.54, 1.807) is 0 Å². The van der Waals surface area contributed by atoms with E-state index in [4.69, 9.17) is 0 Å². The van der Waals surface area contributed by atoms with Gasteiger partial charge >= 0.3 is 0 Å². The number of hydrogen-bond donors (Lipinski definition) is 0. The zero-order valence-corrected chi connectivity index (χ0v) is 22.4. The lowest BCUT2D eigenvalue weighted by Crippen LogP contribution is -1.87. The fourth-order valence-electron chi connectivity index (χ4n) is 4.84. The zero-order valence-electron chi connectivity index (χ0n) is 22.4. The van der Waals surface area contributed by atoms with E-state index in [-0.39, 0.29) is 0 Å². The summed E-state index contributed by atoms with van der Waals surface area (Å²) in [4.78, 5) is 0. The van der Waals surface area contributed by atoms with Crippen molar-refractivity contribution in [3.05, 3.63) is 143 Å². The number of benzene rings is 6. The van der Waals surface area contributed by atoms with Crippen LogP contribution in [0.25, 0.3) is 32.3 Å². The molecular weight excluding hydrogens is 432 g/mol. The summed E-state index contributed by atoms with van der Waals surface area (Å²) in [5.41, 5.74) is 8.23. The molecule has 0 saturated heterocycles. The third-order valence-electron chi connectivity index (χ3n) is 7.14. The number of fused-ring (bicyclic) bond motifs is 3. The van der Waals surface area contributed by atoms with Gasteiger partial charge in [-0.25, -0.2) is 0 Å². The summed E-state index contributed by atoms with van der Waals surface area (Å²) < 4.78 is 0. The standard InChI is InChI=1S/C16H14.C11H10.C9H12/c1-11-13-7-3-5-9-15(13)12(2)16-10-6-4-8-14(11)16;1-9-5-4-7-10-6-2-3-8-11(9)10;1-7-4-5-8(2)9(3)6-7/h3-10H,1-2H3;2-8H,1H3;4-6H,1-3H3. The molecule has 6 rings (SSSR count). The van der Waals surface area contributed by atoms with Crippen molar-refractivity contribution >= 4 is 32.3 Å². The molecule has 0 atom stereocenters. The van der Waals surface area contributed by atoms with Gasteiger partial charge < -0.3 is 0 Å². The first-order chi connectivity index (χ1) is 17.4. The Kier molecular flexibility index (Phi) is 7.86. The molecule has 0 aromatic heterocycles. The quantitative estimate of drug-likeness (QED) is 0.194. The van der Waals surface area contributed by atoms with Crippen LogP contribution in [0.5, 0.6) is 0 Å². The molecule has 0 aliphatic heterocycles. The first kappa shape index (κ1) is 25.2. The van der Waals surface area contributed by atoms with Crippen LogP contribution in [-0.2, 0) is 0 Å². The van der Waals surface area contributed by atoms with Gasteiger partial charge in [-0.3, -0.25) is 0 Å². The van der Waals surface area contributed by atoms with Crippen LogP contribution in [0.4, 0.5) is 0 Å². The van der Waals surface area contributed by atoms with E-state index >= 15 is 0 Å². The van der Waals surface area contributed by atoms with Gasteiger partial charge in [0, 0.05) is 0 Å². The second kappa shape index (κ2) is 11.2. The molecule has 6 aromatic rings. The van der Waals surface area contributed by atoms with Crippen molar-refractivity contribution in [1.29, 1.82) is 0 Å². The molecule has 6 aromatic carbocycles. The van der Waals surface area contributed by atoms with Crippen molar-refractivity contribution in [3.63, 3.8) is 0 Å². The highest BCUT2D eigenvalue weighted by atomic mass is 14.1. The van der Waals surface area contributed by atoms with E-state index in [1.807, 2.05) is 0 Å². The van der Waals surface area contributed by atoms with E-state index in [0.29, 0.717) is 0 Å². The Morgan fingerprint density at radius 1 is 0.333 bits per heavy atom. The van der Waals surface area contributed by atoms with Gasteiger partial charge in [0.1, 0.15) is 0 Å². The van der Waals surface area contributed by atoms with E-state index < -0.39 is 0 Å². The molecule has 0 bridgehead atoms. The molecule has 0 N–H and O–H groups in total. The molecule has 0 saturated carbocycles. The summed E-state index contributed by atoms with van der Waals surface area (Å²) in [5, 5.41) is 8.18. The fourth-order valence-corrected chi connectivity index (χ4v) is 4.84. The normalized spacial score (nSPS) is 10.5. The molecule has 36 heavy (non-hydrogen) atoms. The SMILES string of the molecule is Cc1c2ccccc2c(C)c2ccccc12.Cc1ccc(C)c(C)c1.Cc1cccc2ccccc12. The topological polar surface area (TPSA) is 0 Å². The lowest BCUT2D eigenvalue weighted by atomic mass is 9.93. The number of hydrogen-bond acceptors (Lipinski definition) is 0. The molecule has 0 heterocycles. The Morgan fingerprint density at radius 2 is 0.778 bits per heavy atom. The highest BCUT2D eigenvalue weighted by molar-refractivity contribution is 6.05. The molecule has 0 spiro atoms. The van der Waals surface area contributed by atoms with Crippen LogP contribution in [0, 0.1) is 41.5 Å². The third-order valence-corrected chi connectivity index (χ3v) is 7.14. The molecular formula is C36H36. The minimum absolute atomic E-state index is 1.33. The molecule has 0 radical (unpaired) electrons. The van der Waals surface area contributed by atoms with Gasteiger partial charge in [-0.15, -0.1) is 0 Å². The Morgan fingerprint density at radius 3 is 1.22 bits per heavy atom. The van der Waals surface area contributed by atoms with Crippen LogP contribution >= 0.6 is 0 Å². The maximum absolute atomic E-state index is 2.21. The molecule has 180 valence electrons. The largest absolute Gasteiger partial charge is 0.0616 e. The van der Waals surface area contributed by atoms with E-state index in [1.165, 1.54) is 65.7 Å². The minimum Gasteiger partial charge on any atom is -0.0616 e. The van der Waals surface area contributed by atoms with Gasteiger partial charge in [-0.05, 0) is 102 Å². The van der Waals surface area contributed by atoms with Crippen molar-refractivity contribution in [2.24, 2.45) is 0 Å². The molecule has 0 heteroatoms. The molecule has 0 fully saturated rings. The predicted molar refractivity (Wildman–Crippen MR) is 160 cm³/mol. The fraction of sp³-hybridized carbons (Fsp3) is 0.167. The van der Waals surface area contributed by atoms with Gasteiger partial charge in [0.2, 0.25) is 0 Å². The van der Waals surface area contributed by atoms with Crippen molar-refractivity contribution in [3.8, 4) is 0 Å². The maximum Gasteiger partial charge on any atom is -0.0146 e. The van der Waals surface area contributed by atoms with Crippen LogP contribution in [-0.4, -0.2) is 0 Å². The number of rotatable bonds is 0. The van der Waals surface area contributed by atoms with Crippen LogP contribution < -0.4 is 0 Å². The predicted octanol–water partition coefficient (Wildman–Crippen LogP) is 10.4. The van der Waals surface area contributed by atoms with Crippen LogP contribution in [0.1, 0.15) is 33.4 Å². The van der Waals surface area contributed by atoms with E-state index in [2.05, 4.69) is 151 Å². The molecule has 0 aliphatic carbocycles. The first-order valence-corrected chi connectivity index (χ1v) is 12.7. The van der Waals surface area contributed by atoms with E-state index in [0.717, 1.165) is 0 Å². The maximum atomic E-state index is 2.21. The Balaban J connectivity index is 0.000000134. The highest BCUT2D eigenvalue weighted by Crippen LogP contribution is 2.31. The van der Waals surface area contributed by atoms with Gasteiger partial charge in [-0.1, -0.05) is 115 Å². The first-order valence-electron chi connectivity index (χ1n) is 12.7. The smallest absolute Gasteiger partial charge is 0.0146 e. The molecule has 0 amide bonds. The average Bonchev–Trinajstić information content (AvgIpc) is 2.91. The average molecular weight is 469 g/mol. The number of aryl methyl sites for hydroxylation is 6. The summed E-state index contributed by atoms with van der Waals surface area (Å²) in [5.74, 6) is 0. The molecule has 0 nitrogen and oxygen atoms in total. The van der Waals surface area contributed by atoms with Crippen molar-refractivity contribution in [1.82, 2.24) is 0 Å². The van der Waals surface area contributed by atoms with E-state index in [9.17, 15) is 0 Å². The minimum atomic E-state index is 1.33. The van der Waals surface area contributed by atoms with Crippen molar-refractivity contribution in [2.45, 2.75) is 41.5 Å². The molecule has 0 aliphatic rings. The summed E-state index contributed by atoms with van der Waals surface area (Å²) in [6.45, 7) is 13.0. The van der Waals surface area contributed by atoms with Crippen LogP contribution in [0.2, 0.25) is 0 Å². The van der Waals surface area contributed by atoms with Crippen molar-refractivity contribution < 1.29 is 0 Å². The summed E-state index contributed by atoms with van der Waals surface area (Å²) in [7, 11) is 0. The second-order valence-electron chi connectivity index (χ2n) is 9.72. The Hall–Kier alpha value is -3.90. The lowest BCUT2D eigenvalue weighted by molar-refractivity contribution is 1.30. The van der Waals surface area contributed by atoms with Crippen molar-refractivity contribution in [2.75, 3.05) is 0 Å². The zero-order chi connectivity index (χ0) is 25.7. The van der Waals surface area contributed by atoms with Gasteiger partial charge in [-0.2, -0.15) is 0 Å².